The van der Waals surface area contributed by atoms with Gasteiger partial charge in [0, 0.05) is 35.2 Å². The first-order valence-electron chi connectivity index (χ1n) is 7.16. The van der Waals surface area contributed by atoms with E-state index < -0.39 is 10.8 Å². The van der Waals surface area contributed by atoms with E-state index in [0.29, 0.717) is 5.13 Å². The lowest BCUT2D eigenvalue weighted by molar-refractivity contribution is -0.384. The number of carbonyl (C=O) groups is 1. The third kappa shape index (κ3) is 3.82. The van der Waals surface area contributed by atoms with Crippen molar-refractivity contribution >= 4 is 28.1 Å². The van der Waals surface area contributed by atoms with Crippen LogP contribution in [0.1, 0.15) is 20.8 Å². The van der Waals surface area contributed by atoms with Crippen molar-refractivity contribution in [2.45, 2.75) is 6.42 Å². The first-order valence-corrected chi connectivity index (χ1v) is 7.98. The Morgan fingerprint density at radius 2 is 1.96 bits per heavy atom. The number of nitro groups is 1. The molecule has 3 aromatic rings. The lowest BCUT2D eigenvalue weighted by Crippen LogP contribution is -2.11. The van der Waals surface area contributed by atoms with Crippen molar-refractivity contribution < 1.29 is 9.72 Å². The molecule has 120 valence electrons. The Kier molecular flexibility index (Phi) is 4.62. The number of thiazole rings is 1. The Balaban J connectivity index is 1.69. The summed E-state index contributed by atoms with van der Waals surface area (Å²) in [6.07, 6.45) is 2.46. The molecule has 3 rings (SSSR count). The molecular formula is C17H13N3O3S. The van der Waals surface area contributed by atoms with Crippen molar-refractivity contribution in [3.05, 3.63) is 86.9 Å². The summed E-state index contributed by atoms with van der Waals surface area (Å²) in [7, 11) is 0. The molecule has 1 amide bonds. The molecule has 0 spiro atoms. The number of hydrogen-bond acceptors (Lipinski definition) is 5. The SMILES string of the molecule is O=C(Nc1ncc(Cc2ccccc2)s1)c1cccc([N+](=O)[O-])c1. The predicted octanol–water partition coefficient (Wildman–Crippen LogP) is 3.89. The van der Waals surface area contributed by atoms with Gasteiger partial charge in [-0.25, -0.2) is 4.98 Å². The van der Waals surface area contributed by atoms with Gasteiger partial charge in [-0.15, -0.1) is 11.3 Å². The van der Waals surface area contributed by atoms with E-state index >= 15 is 0 Å². The van der Waals surface area contributed by atoms with Gasteiger partial charge in [-0.1, -0.05) is 36.4 Å². The highest BCUT2D eigenvalue weighted by atomic mass is 32.1. The zero-order chi connectivity index (χ0) is 16.9. The Bertz CT molecular complexity index is 878. The minimum Gasteiger partial charge on any atom is -0.298 e. The standard InChI is InChI=1S/C17H13N3O3S/c21-16(13-7-4-8-14(10-13)20(22)23)19-17-18-11-15(24-17)9-12-5-2-1-3-6-12/h1-8,10-11H,9H2,(H,18,19,21). The van der Waals surface area contributed by atoms with E-state index in [9.17, 15) is 14.9 Å². The zero-order valence-electron chi connectivity index (χ0n) is 12.5. The summed E-state index contributed by atoms with van der Waals surface area (Å²) in [5.41, 5.74) is 1.27. The summed E-state index contributed by atoms with van der Waals surface area (Å²) < 4.78 is 0. The number of rotatable bonds is 5. The van der Waals surface area contributed by atoms with Crippen LogP contribution in [0.5, 0.6) is 0 Å². The second kappa shape index (κ2) is 7.01. The van der Waals surface area contributed by atoms with Crippen LogP contribution in [-0.4, -0.2) is 15.8 Å². The molecule has 24 heavy (non-hydrogen) atoms. The smallest absolute Gasteiger partial charge is 0.270 e. The number of nitrogens with one attached hydrogen (secondary N) is 1. The van der Waals surface area contributed by atoms with E-state index in [1.165, 1.54) is 35.6 Å². The predicted molar refractivity (Wildman–Crippen MR) is 92.4 cm³/mol. The second-order valence-corrected chi connectivity index (χ2v) is 6.17. The van der Waals surface area contributed by atoms with Crippen LogP contribution in [0.2, 0.25) is 0 Å². The van der Waals surface area contributed by atoms with Crippen LogP contribution < -0.4 is 5.32 Å². The van der Waals surface area contributed by atoms with E-state index in [1.807, 2.05) is 30.3 Å². The highest BCUT2D eigenvalue weighted by Gasteiger charge is 2.13. The first-order chi connectivity index (χ1) is 11.6. The number of nitrogens with zero attached hydrogens (tertiary/aromatic N) is 2. The van der Waals surface area contributed by atoms with Gasteiger partial charge in [0.1, 0.15) is 0 Å². The van der Waals surface area contributed by atoms with Crippen LogP contribution in [0.4, 0.5) is 10.8 Å². The van der Waals surface area contributed by atoms with Crippen molar-refractivity contribution in [1.29, 1.82) is 0 Å². The number of aromatic nitrogens is 1. The molecule has 2 aromatic carbocycles. The summed E-state index contributed by atoms with van der Waals surface area (Å²) in [6.45, 7) is 0. The van der Waals surface area contributed by atoms with Crippen LogP contribution in [0.3, 0.4) is 0 Å². The van der Waals surface area contributed by atoms with Gasteiger partial charge in [0.25, 0.3) is 11.6 Å². The molecule has 0 atom stereocenters. The monoisotopic (exact) mass is 339 g/mol. The molecule has 0 radical (unpaired) electrons. The quantitative estimate of drug-likeness (QED) is 0.564. The second-order valence-electron chi connectivity index (χ2n) is 5.06. The molecule has 1 aromatic heterocycles. The Labute approximate surface area is 141 Å². The molecule has 1 N–H and O–H groups in total. The summed E-state index contributed by atoms with van der Waals surface area (Å²) in [6, 6.07) is 15.6. The molecule has 0 aliphatic carbocycles. The van der Waals surface area contributed by atoms with Crippen LogP contribution in [0.15, 0.2) is 60.8 Å². The average Bonchev–Trinajstić information content (AvgIpc) is 3.02. The van der Waals surface area contributed by atoms with Crippen molar-refractivity contribution in [2.75, 3.05) is 5.32 Å². The molecule has 0 unspecified atom stereocenters. The third-order valence-electron chi connectivity index (χ3n) is 3.31. The molecular weight excluding hydrogens is 326 g/mol. The number of carbonyl (C=O) groups excluding carboxylic acids is 1. The number of non-ortho nitro benzene ring substituents is 1. The summed E-state index contributed by atoms with van der Waals surface area (Å²) in [4.78, 5) is 27.6. The Morgan fingerprint density at radius 1 is 1.17 bits per heavy atom. The summed E-state index contributed by atoms with van der Waals surface area (Å²) in [5, 5.41) is 13.9. The molecule has 1 heterocycles. The maximum absolute atomic E-state index is 12.2. The average molecular weight is 339 g/mol. The normalized spacial score (nSPS) is 10.3. The van der Waals surface area contributed by atoms with Gasteiger partial charge in [0.05, 0.1) is 4.92 Å². The summed E-state index contributed by atoms with van der Waals surface area (Å²) in [5.74, 6) is -0.417. The minimum absolute atomic E-state index is 0.119. The number of benzene rings is 2. The highest BCUT2D eigenvalue weighted by Crippen LogP contribution is 2.22. The largest absolute Gasteiger partial charge is 0.298 e. The number of nitro benzene ring substituents is 1. The maximum Gasteiger partial charge on any atom is 0.270 e. The summed E-state index contributed by atoms with van der Waals surface area (Å²) >= 11 is 1.38. The van der Waals surface area contributed by atoms with Crippen molar-refractivity contribution in [1.82, 2.24) is 4.98 Å². The third-order valence-corrected chi connectivity index (χ3v) is 4.23. The van der Waals surface area contributed by atoms with Gasteiger partial charge < -0.3 is 0 Å². The van der Waals surface area contributed by atoms with Crippen molar-refractivity contribution in [3.63, 3.8) is 0 Å². The fourth-order valence-electron chi connectivity index (χ4n) is 2.17. The van der Waals surface area contributed by atoms with Gasteiger partial charge in [0.15, 0.2) is 5.13 Å². The van der Waals surface area contributed by atoms with Gasteiger partial charge >= 0.3 is 0 Å². The van der Waals surface area contributed by atoms with Crippen molar-refractivity contribution in [3.8, 4) is 0 Å². The molecule has 0 aliphatic rings. The number of hydrogen-bond donors (Lipinski definition) is 1. The molecule has 0 aliphatic heterocycles. The van der Waals surface area contributed by atoms with Crippen LogP contribution in [0.25, 0.3) is 0 Å². The van der Waals surface area contributed by atoms with Gasteiger partial charge in [-0.05, 0) is 11.6 Å². The maximum atomic E-state index is 12.2. The van der Waals surface area contributed by atoms with Crippen molar-refractivity contribution in [2.24, 2.45) is 0 Å². The molecule has 0 saturated heterocycles. The number of anilines is 1. The lowest BCUT2D eigenvalue weighted by atomic mass is 10.1. The van der Waals surface area contributed by atoms with Gasteiger partial charge in [-0.3, -0.25) is 20.2 Å². The van der Waals surface area contributed by atoms with E-state index in [1.54, 1.807) is 6.20 Å². The fourth-order valence-corrected chi connectivity index (χ4v) is 3.02. The fraction of sp³-hybridized carbons (Fsp3) is 0.0588. The van der Waals surface area contributed by atoms with Crippen LogP contribution in [-0.2, 0) is 6.42 Å². The molecule has 0 fully saturated rings. The number of amides is 1. The van der Waals surface area contributed by atoms with E-state index in [0.717, 1.165) is 16.9 Å². The first kappa shape index (κ1) is 15.8. The molecule has 6 nitrogen and oxygen atoms in total. The molecule has 7 heteroatoms. The zero-order valence-corrected chi connectivity index (χ0v) is 13.3. The van der Waals surface area contributed by atoms with Gasteiger partial charge in [-0.2, -0.15) is 0 Å². The van der Waals surface area contributed by atoms with Crippen LogP contribution >= 0.6 is 11.3 Å². The highest BCUT2D eigenvalue weighted by molar-refractivity contribution is 7.15. The van der Waals surface area contributed by atoms with Gasteiger partial charge in [0.2, 0.25) is 0 Å². The minimum atomic E-state index is -0.530. The van der Waals surface area contributed by atoms with E-state index in [-0.39, 0.29) is 11.3 Å². The van der Waals surface area contributed by atoms with E-state index in [4.69, 9.17) is 0 Å². The van der Waals surface area contributed by atoms with Crippen LogP contribution in [0, 0.1) is 10.1 Å². The molecule has 0 bridgehead atoms. The Hall–Kier alpha value is -3.06. The van der Waals surface area contributed by atoms with E-state index in [2.05, 4.69) is 10.3 Å². The lowest BCUT2D eigenvalue weighted by Gasteiger charge is -2.01. The Morgan fingerprint density at radius 3 is 2.71 bits per heavy atom. The molecule has 0 saturated carbocycles. The topological polar surface area (TPSA) is 85.1 Å².